The molecule has 1 aliphatic heterocycles. The fraction of sp³-hybridized carbons (Fsp3) is 0.176. The van der Waals surface area contributed by atoms with Gasteiger partial charge in [-0.2, -0.15) is 0 Å². The van der Waals surface area contributed by atoms with Gasteiger partial charge in [0.2, 0.25) is 0 Å². The predicted octanol–water partition coefficient (Wildman–Crippen LogP) is 8.97. The number of hydrogen-bond acceptors (Lipinski definition) is 5. The van der Waals surface area contributed by atoms with Crippen molar-refractivity contribution in [3.05, 3.63) is 123 Å². The number of aryl methyl sites for hydroxylation is 2. The fourth-order valence-corrected chi connectivity index (χ4v) is 5.99. The smallest absolute Gasteiger partial charge is 0.271 e. The number of hydrogen-bond donors (Lipinski definition) is 0. The quantitative estimate of drug-likeness (QED) is 0.174. The van der Waals surface area contributed by atoms with Crippen molar-refractivity contribution in [2.45, 2.75) is 33.3 Å². The summed E-state index contributed by atoms with van der Waals surface area (Å²) in [6, 6.07) is 30.0. The predicted molar refractivity (Wildman–Crippen MR) is 173 cm³/mol. The molecule has 0 saturated carbocycles. The average Bonchev–Trinajstić information content (AvgIpc) is 3.30. The van der Waals surface area contributed by atoms with E-state index in [9.17, 15) is 4.79 Å². The first-order chi connectivity index (χ1) is 20.0. The molecule has 4 aromatic carbocycles. The van der Waals surface area contributed by atoms with Crippen molar-refractivity contribution in [2.24, 2.45) is 4.99 Å². The molecule has 0 N–H and O–H groups in total. The lowest BCUT2D eigenvalue weighted by Gasteiger charge is -2.16. The molecule has 0 atom stereocenters. The molecule has 208 valence electrons. The summed E-state index contributed by atoms with van der Waals surface area (Å²) in [5.74, 6) is 1.07. The van der Waals surface area contributed by atoms with Crippen LogP contribution in [0.5, 0.6) is 11.5 Å². The molecular formula is C34H31BrN2O3S. The minimum Gasteiger partial charge on any atom is -0.493 e. The highest BCUT2D eigenvalue weighted by atomic mass is 79.9. The van der Waals surface area contributed by atoms with Crippen LogP contribution in [0.25, 0.3) is 6.08 Å². The Kier molecular flexibility index (Phi) is 9.27. The van der Waals surface area contributed by atoms with Crippen LogP contribution >= 0.6 is 27.7 Å². The Bertz CT molecular complexity index is 1580. The van der Waals surface area contributed by atoms with Gasteiger partial charge in [-0.15, -0.1) is 0 Å². The van der Waals surface area contributed by atoms with E-state index in [-0.39, 0.29) is 5.91 Å². The largest absolute Gasteiger partial charge is 0.493 e. The van der Waals surface area contributed by atoms with Crippen LogP contribution in [0.3, 0.4) is 0 Å². The summed E-state index contributed by atoms with van der Waals surface area (Å²) < 4.78 is 12.5. The van der Waals surface area contributed by atoms with E-state index in [0.717, 1.165) is 39.8 Å². The zero-order valence-corrected chi connectivity index (χ0v) is 25.7. The lowest BCUT2D eigenvalue weighted by Crippen LogP contribution is -2.28. The van der Waals surface area contributed by atoms with Gasteiger partial charge in [-0.3, -0.25) is 9.69 Å². The van der Waals surface area contributed by atoms with Gasteiger partial charge in [0.05, 0.1) is 27.9 Å². The fourth-order valence-electron chi connectivity index (χ4n) is 4.42. The molecule has 4 aromatic rings. The van der Waals surface area contributed by atoms with Crippen molar-refractivity contribution in [1.29, 1.82) is 0 Å². The lowest BCUT2D eigenvalue weighted by atomic mass is 10.1. The van der Waals surface area contributed by atoms with Crippen molar-refractivity contribution in [1.82, 2.24) is 0 Å². The Labute approximate surface area is 254 Å². The summed E-state index contributed by atoms with van der Waals surface area (Å²) in [4.78, 5) is 21.0. The van der Waals surface area contributed by atoms with Gasteiger partial charge >= 0.3 is 0 Å². The van der Waals surface area contributed by atoms with E-state index >= 15 is 0 Å². The van der Waals surface area contributed by atoms with Crippen LogP contribution in [0.15, 0.2) is 105 Å². The first kappa shape index (κ1) is 28.7. The number of rotatable bonds is 9. The van der Waals surface area contributed by atoms with Gasteiger partial charge < -0.3 is 9.47 Å². The van der Waals surface area contributed by atoms with Crippen molar-refractivity contribution < 1.29 is 14.3 Å². The number of benzene rings is 4. The van der Waals surface area contributed by atoms with Gasteiger partial charge in [-0.05, 0) is 105 Å². The highest BCUT2D eigenvalue weighted by Gasteiger charge is 2.35. The van der Waals surface area contributed by atoms with E-state index in [0.29, 0.717) is 28.2 Å². The summed E-state index contributed by atoms with van der Waals surface area (Å²) in [5, 5.41) is 0.614. The molecule has 5 rings (SSSR count). The van der Waals surface area contributed by atoms with Crippen LogP contribution in [0.2, 0.25) is 0 Å². The topological polar surface area (TPSA) is 51.1 Å². The Morgan fingerprint density at radius 2 is 1.54 bits per heavy atom. The van der Waals surface area contributed by atoms with E-state index in [1.54, 1.807) is 12.0 Å². The average molecular weight is 628 g/mol. The third-order valence-electron chi connectivity index (χ3n) is 6.75. The normalized spacial score (nSPS) is 15.1. The number of carbonyl (C=O) groups is 1. The molecule has 0 radical (unpaired) electrons. The highest BCUT2D eigenvalue weighted by Crippen LogP contribution is 2.41. The molecule has 0 spiro atoms. The Hall–Kier alpha value is -3.81. The first-order valence-electron chi connectivity index (χ1n) is 13.5. The van der Waals surface area contributed by atoms with Crippen LogP contribution in [-0.4, -0.2) is 18.2 Å². The number of thioether (sulfide) groups is 1. The second kappa shape index (κ2) is 13.2. The second-order valence-electron chi connectivity index (χ2n) is 9.49. The maximum absolute atomic E-state index is 13.8. The van der Waals surface area contributed by atoms with E-state index in [1.807, 2.05) is 72.8 Å². The van der Waals surface area contributed by atoms with Gasteiger partial charge in [0.25, 0.3) is 5.91 Å². The first-order valence-corrected chi connectivity index (χ1v) is 15.1. The minimum absolute atomic E-state index is 0.123. The highest BCUT2D eigenvalue weighted by molar-refractivity contribution is 9.10. The number of nitrogens with zero attached hydrogens (tertiary/aromatic N) is 2. The maximum Gasteiger partial charge on any atom is 0.271 e. The van der Waals surface area contributed by atoms with Gasteiger partial charge in [-0.25, -0.2) is 4.99 Å². The van der Waals surface area contributed by atoms with E-state index in [4.69, 9.17) is 14.5 Å². The molecular weight excluding hydrogens is 596 g/mol. The SMILES string of the molecule is CCc1ccc(N=C2S/C(=C\c3cc(Br)c(OCc4ccccc4)c(OC)c3)C(=O)N2c2ccc(CC)cc2)cc1. The molecule has 1 saturated heterocycles. The van der Waals surface area contributed by atoms with E-state index < -0.39 is 0 Å². The summed E-state index contributed by atoms with van der Waals surface area (Å²) in [7, 11) is 1.61. The Morgan fingerprint density at radius 3 is 2.17 bits per heavy atom. The van der Waals surface area contributed by atoms with Crippen LogP contribution in [0.1, 0.15) is 36.1 Å². The second-order valence-corrected chi connectivity index (χ2v) is 11.4. The van der Waals surface area contributed by atoms with Gasteiger partial charge in [0.1, 0.15) is 6.61 Å². The van der Waals surface area contributed by atoms with Crippen LogP contribution in [-0.2, 0) is 24.2 Å². The molecule has 0 aromatic heterocycles. The summed E-state index contributed by atoms with van der Waals surface area (Å²) in [6.45, 7) is 4.65. The third-order valence-corrected chi connectivity index (χ3v) is 8.31. The molecule has 1 fully saturated rings. The van der Waals surface area contributed by atoms with Crippen molar-refractivity contribution in [3.8, 4) is 11.5 Å². The molecule has 7 heteroatoms. The number of amides is 1. The van der Waals surface area contributed by atoms with Crippen LogP contribution in [0, 0.1) is 0 Å². The number of amidine groups is 1. The number of methoxy groups -OCH3 is 1. The van der Waals surface area contributed by atoms with E-state index in [2.05, 4.69) is 54.0 Å². The summed E-state index contributed by atoms with van der Waals surface area (Å²) >= 11 is 5.01. The van der Waals surface area contributed by atoms with Gasteiger partial charge in [0.15, 0.2) is 16.7 Å². The zero-order chi connectivity index (χ0) is 28.8. The molecule has 0 unspecified atom stereocenters. The summed E-state index contributed by atoms with van der Waals surface area (Å²) in [5.41, 5.74) is 5.92. The molecule has 5 nitrogen and oxygen atoms in total. The lowest BCUT2D eigenvalue weighted by molar-refractivity contribution is -0.113. The molecule has 0 bridgehead atoms. The summed E-state index contributed by atoms with van der Waals surface area (Å²) in [6.07, 6.45) is 3.76. The standard InChI is InChI=1S/C34H31BrN2O3S/c1-4-23-11-15-27(16-12-23)36-34-37(28-17-13-24(5-2)14-18-28)33(38)31(41-34)21-26-19-29(35)32(30(20-26)39-3)40-22-25-9-7-6-8-10-25/h6-21H,4-5,22H2,1-3H3/b31-21-,36-34?. The number of aliphatic imine (C=N–C) groups is 1. The monoisotopic (exact) mass is 626 g/mol. The number of anilines is 1. The van der Waals surface area contributed by atoms with Crippen LogP contribution in [0.4, 0.5) is 11.4 Å². The molecule has 41 heavy (non-hydrogen) atoms. The Morgan fingerprint density at radius 1 is 0.878 bits per heavy atom. The van der Waals surface area contributed by atoms with Crippen molar-refractivity contribution >= 4 is 56.2 Å². The Balaban J connectivity index is 1.48. The number of halogens is 1. The molecule has 0 aliphatic carbocycles. The molecule has 1 amide bonds. The zero-order valence-electron chi connectivity index (χ0n) is 23.3. The van der Waals surface area contributed by atoms with Gasteiger partial charge in [0, 0.05) is 0 Å². The van der Waals surface area contributed by atoms with Gasteiger partial charge in [-0.1, -0.05) is 68.4 Å². The number of carbonyl (C=O) groups excluding carboxylic acids is 1. The van der Waals surface area contributed by atoms with Crippen molar-refractivity contribution in [2.75, 3.05) is 12.0 Å². The van der Waals surface area contributed by atoms with E-state index in [1.165, 1.54) is 22.9 Å². The van der Waals surface area contributed by atoms with Crippen molar-refractivity contribution in [3.63, 3.8) is 0 Å². The molecule has 1 heterocycles. The maximum atomic E-state index is 13.8. The molecule has 1 aliphatic rings. The minimum atomic E-state index is -0.123. The number of ether oxygens (including phenoxy) is 2. The van der Waals surface area contributed by atoms with Crippen LogP contribution < -0.4 is 14.4 Å². The third kappa shape index (κ3) is 6.75.